The first-order valence-electron chi connectivity index (χ1n) is 10.1. The number of hydrogen-bond donors (Lipinski definition) is 1. The van der Waals surface area contributed by atoms with E-state index in [1.807, 2.05) is 0 Å². The Labute approximate surface area is 199 Å². The minimum atomic E-state index is -0.860. The zero-order valence-corrected chi connectivity index (χ0v) is 19.2. The Kier molecular flexibility index (Phi) is 6.63. The number of ether oxygens (including phenoxy) is 3. The van der Waals surface area contributed by atoms with Crippen molar-refractivity contribution in [2.24, 2.45) is 0 Å². The van der Waals surface area contributed by atoms with Crippen molar-refractivity contribution < 1.29 is 27.8 Å². The lowest BCUT2D eigenvalue weighted by Gasteiger charge is -2.24. The summed E-state index contributed by atoms with van der Waals surface area (Å²) >= 11 is 12.5. The maximum absolute atomic E-state index is 14.1. The molecule has 3 aromatic rings. The molecular weight excluding hydrogens is 475 g/mol. The van der Waals surface area contributed by atoms with Gasteiger partial charge in [0, 0.05) is 11.1 Å². The quantitative estimate of drug-likeness (QED) is 0.328. The van der Waals surface area contributed by atoms with Crippen molar-refractivity contribution in [2.45, 2.75) is 19.9 Å². The van der Waals surface area contributed by atoms with Gasteiger partial charge in [-0.3, -0.25) is 0 Å². The van der Waals surface area contributed by atoms with Crippen molar-refractivity contribution in [1.29, 1.82) is 0 Å². The fraction of sp³-hybridized carbons (Fsp3) is 0.208. The number of esters is 1. The molecule has 9 heteroatoms. The third kappa shape index (κ3) is 4.70. The summed E-state index contributed by atoms with van der Waals surface area (Å²) in [7, 11) is 0. The van der Waals surface area contributed by atoms with E-state index in [9.17, 15) is 13.6 Å². The molecule has 0 amide bonds. The van der Waals surface area contributed by atoms with Crippen LogP contribution in [0.15, 0.2) is 42.5 Å². The van der Waals surface area contributed by atoms with Crippen LogP contribution in [0.1, 0.15) is 12.5 Å². The van der Waals surface area contributed by atoms with Crippen molar-refractivity contribution in [3.05, 3.63) is 69.7 Å². The van der Waals surface area contributed by atoms with Gasteiger partial charge in [-0.15, -0.1) is 0 Å². The van der Waals surface area contributed by atoms with E-state index in [-0.39, 0.29) is 46.2 Å². The summed E-state index contributed by atoms with van der Waals surface area (Å²) < 4.78 is 44.8. The summed E-state index contributed by atoms with van der Waals surface area (Å²) in [6.45, 7) is 3.77. The van der Waals surface area contributed by atoms with Crippen LogP contribution < -0.4 is 19.5 Å². The Morgan fingerprint density at radius 2 is 1.73 bits per heavy atom. The molecule has 3 aromatic carbocycles. The van der Waals surface area contributed by atoms with Gasteiger partial charge in [-0.2, -0.15) is 0 Å². The number of aryl methyl sites for hydroxylation is 1. The first kappa shape index (κ1) is 23.1. The normalized spacial score (nSPS) is 13.4. The lowest BCUT2D eigenvalue weighted by Crippen LogP contribution is -2.31. The Balaban J connectivity index is 1.64. The molecule has 4 rings (SSSR count). The van der Waals surface area contributed by atoms with Crippen LogP contribution in [-0.2, 0) is 4.79 Å². The number of halogens is 4. The summed E-state index contributed by atoms with van der Waals surface area (Å²) in [5.41, 5.74) is 1.71. The molecule has 33 heavy (non-hydrogen) atoms. The highest BCUT2D eigenvalue weighted by atomic mass is 35.5. The highest BCUT2D eigenvalue weighted by Crippen LogP contribution is 2.49. The predicted octanol–water partition coefficient (Wildman–Crippen LogP) is 6.42. The number of carbonyl (C=O) groups is 1. The Morgan fingerprint density at radius 3 is 2.39 bits per heavy atom. The largest absolute Gasteiger partial charge is 0.485 e. The number of rotatable bonds is 5. The first-order valence-corrected chi connectivity index (χ1v) is 10.8. The van der Waals surface area contributed by atoms with E-state index in [0.717, 1.165) is 12.1 Å². The molecule has 5 nitrogen and oxygen atoms in total. The zero-order chi connectivity index (χ0) is 23.7. The van der Waals surface area contributed by atoms with Gasteiger partial charge in [0.2, 0.25) is 5.75 Å². The highest BCUT2D eigenvalue weighted by molar-refractivity contribution is 6.39. The standard InChI is InChI=1S/C24H19Cl2F2NO4/c1-12-4-3-5-18(28)21(12)29-13(2)24(30)33-19-7-6-15(22-23(19)32-9-8-31-22)20-16(25)10-14(27)11-17(20)26/h3-7,10-11,13,29H,8-9H2,1-2H3/t13-/m0/s1. The van der Waals surface area contributed by atoms with Crippen LogP contribution in [-0.4, -0.2) is 25.2 Å². The van der Waals surface area contributed by atoms with Crippen LogP contribution in [0.3, 0.4) is 0 Å². The van der Waals surface area contributed by atoms with E-state index >= 15 is 0 Å². The van der Waals surface area contributed by atoms with E-state index in [1.165, 1.54) is 12.1 Å². The first-order chi connectivity index (χ1) is 15.8. The zero-order valence-electron chi connectivity index (χ0n) is 17.7. The third-order valence-electron chi connectivity index (χ3n) is 5.08. The van der Waals surface area contributed by atoms with Crippen molar-refractivity contribution in [3.63, 3.8) is 0 Å². The van der Waals surface area contributed by atoms with E-state index < -0.39 is 23.6 Å². The van der Waals surface area contributed by atoms with Gasteiger partial charge in [0.05, 0.1) is 15.7 Å². The van der Waals surface area contributed by atoms with Crippen LogP contribution in [0, 0.1) is 18.6 Å². The Hall–Kier alpha value is -3.03. The van der Waals surface area contributed by atoms with Crippen LogP contribution in [0.2, 0.25) is 10.0 Å². The smallest absolute Gasteiger partial charge is 0.333 e. The number of hydrogen-bond acceptors (Lipinski definition) is 5. The van der Waals surface area contributed by atoms with Gasteiger partial charge in [0.15, 0.2) is 11.5 Å². The molecule has 172 valence electrons. The van der Waals surface area contributed by atoms with E-state index in [1.54, 1.807) is 32.0 Å². The number of benzene rings is 3. The van der Waals surface area contributed by atoms with Crippen molar-refractivity contribution >= 4 is 34.9 Å². The molecule has 1 atom stereocenters. The molecule has 1 heterocycles. The summed E-state index contributed by atoms with van der Waals surface area (Å²) in [5, 5.41) is 3.04. The number of anilines is 1. The molecule has 1 aliphatic heterocycles. The molecule has 0 radical (unpaired) electrons. The average molecular weight is 494 g/mol. The van der Waals surface area contributed by atoms with Gasteiger partial charge in [-0.05, 0) is 49.7 Å². The van der Waals surface area contributed by atoms with Gasteiger partial charge in [0.25, 0.3) is 0 Å². The number of carbonyl (C=O) groups excluding carboxylic acids is 1. The number of fused-ring (bicyclic) bond motifs is 1. The van der Waals surface area contributed by atoms with Gasteiger partial charge in [0.1, 0.15) is 30.9 Å². The van der Waals surface area contributed by atoms with Crippen molar-refractivity contribution in [2.75, 3.05) is 18.5 Å². The SMILES string of the molecule is Cc1cccc(F)c1N[C@@H](C)C(=O)Oc1ccc(-c2c(Cl)cc(F)cc2Cl)c2c1OCCO2. The van der Waals surface area contributed by atoms with Gasteiger partial charge >= 0.3 is 5.97 Å². The molecule has 0 aliphatic carbocycles. The molecule has 0 aromatic heterocycles. The Bertz CT molecular complexity index is 1190. The predicted molar refractivity (Wildman–Crippen MR) is 123 cm³/mol. The van der Waals surface area contributed by atoms with Gasteiger partial charge in [-0.25, -0.2) is 13.6 Å². The van der Waals surface area contributed by atoms with Crippen LogP contribution >= 0.6 is 23.2 Å². The second kappa shape index (κ2) is 9.45. The highest BCUT2D eigenvalue weighted by Gasteiger charge is 2.27. The number of nitrogens with one attached hydrogen (secondary N) is 1. The maximum atomic E-state index is 14.1. The summed E-state index contributed by atoms with van der Waals surface area (Å²) in [6.07, 6.45) is 0. The average Bonchev–Trinajstić information content (AvgIpc) is 2.77. The lowest BCUT2D eigenvalue weighted by molar-refractivity contribution is -0.135. The second-order valence-electron chi connectivity index (χ2n) is 7.43. The van der Waals surface area contributed by atoms with Crippen LogP contribution in [0.25, 0.3) is 11.1 Å². The molecule has 1 aliphatic rings. The Morgan fingerprint density at radius 1 is 1.06 bits per heavy atom. The molecule has 0 bridgehead atoms. The number of para-hydroxylation sites is 1. The van der Waals surface area contributed by atoms with Crippen molar-refractivity contribution in [1.82, 2.24) is 0 Å². The van der Waals surface area contributed by atoms with E-state index in [0.29, 0.717) is 16.7 Å². The molecular formula is C24H19Cl2F2NO4. The summed E-state index contributed by atoms with van der Waals surface area (Å²) in [4.78, 5) is 12.7. The van der Waals surface area contributed by atoms with Gasteiger partial charge in [-0.1, -0.05) is 35.3 Å². The monoisotopic (exact) mass is 493 g/mol. The molecule has 0 saturated carbocycles. The van der Waals surface area contributed by atoms with E-state index in [2.05, 4.69) is 5.32 Å². The van der Waals surface area contributed by atoms with Crippen LogP contribution in [0.5, 0.6) is 17.2 Å². The molecule has 1 N–H and O–H groups in total. The van der Waals surface area contributed by atoms with Gasteiger partial charge < -0.3 is 19.5 Å². The van der Waals surface area contributed by atoms with E-state index in [4.69, 9.17) is 37.4 Å². The van der Waals surface area contributed by atoms with Crippen LogP contribution in [0.4, 0.5) is 14.5 Å². The molecule has 0 saturated heterocycles. The maximum Gasteiger partial charge on any atom is 0.333 e. The lowest BCUT2D eigenvalue weighted by atomic mass is 10.0. The minimum Gasteiger partial charge on any atom is -0.485 e. The summed E-state index contributed by atoms with van der Waals surface area (Å²) in [6, 6.07) is 9.16. The fourth-order valence-electron chi connectivity index (χ4n) is 3.48. The molecule has 0 unspecified atom stereocenters. The summed E-state index contributed by atoms with van der Waals surface area (Å²) in [5.74, 6) is -1.12. The topological polar surface area (TPSA) is 56.8 Å². The molecule has 0 fully saturated rings. The second-order valence-corrected chi connectivity index (χ2v) is 8.24. The van der Waals surface area contributed by atoms with Crippen molar-refractivity contribution in [3.8, 4) is 28.4 Å². The third-order valence-corrected chi connectivity index (χ3v) is 5.67. The fourth-order valence-corrected chi connectivity index (χ4v) is 4.14. The molecule has 0 spiro atoms. The minimum absolute atomic E-state index is 0.0965.